The molecule has 3 rings (SSSR count). The Morgan fingerprint density at radius 2 is 2.04 bits per heavy atom. The SMILES string of the molecule is CCCNC(=O)C1CCN(C(=O)/C=C/c2ccc(C3CC3C)o2)CC1. The summed E-state index contributed by atoms with van der Waals surface area (Å²) < 4.78 is 5.79. The summed E-state index contributed by atoms with van der Waals surface area (Å²) in [6.07, 6.45) is 6.94. The average Bonchev–Trinajstić information content (AvgIpc) is 3.18. The van der Waals surface area contributed by atoms with Crippen LogP contribution in [-0.4, -0.2) is 36.3 Å². The minimum absolute atomic E-state index is 0.00911. The number of amides is 2. The molecule has 1 aromatic rings. The van der Waals surface area contributed by atoms with Crippen molar-refractivity contribution >= 4 is 17.9 Å². The van der Waals surface area contributed by atoms with Crippen molar-refractivity contribution in [3.8, 4) is 0 Å². The number of rotatable bonds is 6. The summed E-state index contributed by atoms with van der Waals surface area (Å²) in [7, 11) is 0. The largest absolute Gasteiger partial charge is 0.461 e. The molecule has 2 atom stereocenters. The maximum Gasteiger partial charge on any atom is 0.246 e. The molecule has 0 bridgehead atoms. The maximum atomic E-state index is 12.3. The lowest BCUT2D eigenvalue weighted by Crippen LogP contribution is -2.42. The second-order valence-electron chi connectivity index (χ2n) is 7.28. The molecular weight excluding hydrogens is 316 g/mol. The van der Waals surface area contributed by atoms with Gasteiger partial charge in [0.25, 0.3) is 0 Å². The fourth-order valence-electron chi connectivity index (χ4n) is 3.39. The highest BCUT2D eigenvalue weighted by Gasteiger charge is 2.36. The first-order valence-electron chi connectivity index (χ1n) is 9.43. The third-order valence-electron chi connectivity index (χ3n) is 5.24. The zero-order valence-electron chi connectivity index (χ0n) is 15.2. The topological polar surface area (TPSA) is 62.6 Å². The smallest absolute Gasteiger partial charge is 0.246 e. The molecule has 2 unspecified atom stereocenters. The van der Waals surface area contributed by atoms with Gasteiger partial charge in [-0.25, -0.2) is 0 Å². The third kappa shape index (κ3) is 4.53. The van der Waals surface area contributed by atoms with Gasteiger partial charge in [0.1, 0.15) is 11.5 Å². The molecule has 0 radical (unpaired) electrons. The number of likely N-dealkylation sites (tertiary alicyclic amines) is 1. The summed E-state index contributed by atoms with van der Waals surface area (Å²) in [4.78, 5) is 26.1. The van der Waals surface area contributed by atoms with Crippen LogP contribution in [0.3, 0.4) is 0 Å². The van der Waals surface area contributed by atoms with Crippen molar-refractivity contribution in [3.63, 3.8) is 0 Å². The summed E-state index contributed by atoms with van der Waals surface area (Å²) in [6.45, 7) is 6.26. The van der Waals surface area contributed by atoms with Crippen molar-refractivity contribution < 1.29 is 14.0 Å². The number of nitrogens with one attached hydrogen (secondary N) is 1. The zero-order chi connectivity index (χ0) is 17.8. The monoisotopic (exact) mass is 344 g/mol. The standard InChI is InChI=1S/C20H28N2O3/c1-3-10-21-20(24)15-8-11-22(12-9-15)19(23)7-5-16-4-6-18(25-16)17-13-14(17)2/h4-7,14-15,17H,3,8-13H2,1-2H3,(H,21,24)/b7-5+. The minimum Gasteiger partial charge on any atom is -0.461 e. The molecule has 1 saturated heterocycles. The van der Waals surface area contributed by atoms with Crippen LogP contribution in [0.15, 0.2) is 22.6 Å². The number of furan rings is 1. The average molecular weight is 344 g/mol. The molecule has 1 aliphatic heterocycles. The summed E-state index contributed by atoms with van der Waals surface area (Å²) in [5.74, 6) is 3.17. The van der Waals surface area contributed by atoms with E-state index in [2.05, 4.69) is 12.2 Å². The van der Waals surface area contributed by atoms with Crippen LogP contribution in [0.1, 0.15) is 57.0 Å². The van der Waals surface area contributed by atoms with Gasteiger partial charge in [-0.3, -0.25) is 9.59 Å². The van der Waals surface area contributed by atoms with Crippen LogP contribution >= 0.6 is 0 Å². The third-order valence-corrected chi connectivity index (χ3v) is 5.24. The van der Waals surface area contributed by atoms with Crippen molar-refractivity contribution in [1.29, 1.82) is 0 Å². The number of carbonyl (C=O) groups excluding carboxylic acids is 2. The molecule has 5 nitrogen and oxygen atoms in total. The first-order valence-corrected chi connectivity index (χ1v) is 9.43. The van der Waals surface area contributed by atoms with E-state index in [4.69, 9.17) is 4.42 Å². The molecule has 2 fully saturated rings. The van der Waals surface area contributed by atoms with E-state index in [1.54, 1.807) is 12.2 Å². The lowest BCUT2D eigenvalue weighted by atomic mass is 9.96. The van der Waals surface area contributed by atoms with Crippen LogP contribution in [0.2, 0.25) is 0 Å². The van der Waals surface area contributed by atoms with Crippen LogP contribution in [-0.2, 0) is 9.59 Å². The molecule has 2 aliphatic rings. The Balaban J connectivity index is 1.46. The van der Waals surface area contributed by atoms with E-state index >= 15 is 0 Å². The van der Waals surface area contributed by atoms with Gasteiger partial charge in [-0.2, -0.15) is 0 Å². The second kappa shape index (κ2) is 7.89. The van der Waals surface area contributed by atoms with E-state index in [0.29, 0.717) is 24.9 Å². The van der Waals surface area contributed by atoms with E-state index in [9.17, 15) is 9.59 Å². The highest BCUT2D eigenvalue weighted by atomic mass is 16.3. The molecule has 0 spiro atoms. The molecular formula is C20H28N2O3. The highest BCUT2D eigenvalue weighted by Crippen LogP contribution is 2.47. The lowest BCUT2D eigenvalue weighted by molar-refractivity contribution is -0.132. The van der Waals surface area contributed by atoms with Gasteiger partial charge in [0.2, 0.25) is 11.8 Å². The Labute approximate surface area is 149 Å². The summed E-state index contributed by atoms with van der Waals surface area (Å²) >= 11 is 0. The van der Waals surface area contributed by atoms with Gasteiger partial charge in [-0.1, -0.05) is 13.8 Å². The summed E-state index contributed by atoms with van der Waals surface area (Å²) in [6, 6.07) is 3.94. The Kier molecular flexibility index (Phi) is 5.61. The van der Waals surface area contributed by atoms with Crippen LogP contribution in [0.4, 0.5) is 0 Å². The molecule has 0 aromatic carbocycles. The number of hydrogen-bond acceptors (Lipinski definition) is 3. The van der Waals surface area contributed by atoms with Gasteiger partial charge in [0, 0.05) is 37.5 Å². The summed E-state index contributed by atoms with van der Waals surface area (Å²) in [5, 5.41) is 2.94. The van der Waals surface area contributed by atoms with Crippen LogP contribution < -0.4 is 5.32 Å². The van der Waals surface area contributed by atoms with Crippen molar-refractivity contribution in [2.75, 3.05) is 19.6 Å². The van der Waals surface area contributed by atoms with Gasteiger partial charge < -0.3 is 14.6 Å². The van der Waals surface area contributed by atoms with Gasteiger partial charge in [-0.15, -0.1) is 0 Å². The first-order chi connectivity index (χ1) is 12.1. The number of piperidine rings is 1. The van der Waals surface area contributed by atoms with Crippen LogP contribution in [0.25, 0.3) is 6.08 Å². The molecule has 1 saturated carbocycles. The van der Waals surface area contributed by atoms with E-state index in [1.807, 2.05) is 24.0 Å². The van der Waals surface area contributed by atoms with Gasteiger partial charge in [0.05, 0.1) is 0 Å². The van der Waals surface area contributed by atoms with E-state index in [-0.39, 0.29) is 17.7 Å². The molecule has 1 aliphatic carbocycles. The van der Waals surface area contributed by atoms with E-state index in [1.165, 1.54) is 6.42 Å². The van der Waals surface area contributed by atoms with E-state index in [0.717, 1.165) is 37.3 Å². The fourth-order valence-corrected chi connectivity index (χ4v) is 3.39. The maximum absolute atomic E-state index is 12.3. The van der Waals surface area contributed by atoms with Gasteiger partial charge >= 0.3 is 0 Å². The van der Waals surface area contributed by atoms with Crippen LogP contribution in [0.5, 0.6) is 0 Å². The Morgan fingerprint density at radius 3 is 2.68 bits per heavy atom. The Morgan fingerprint density at radius 1 is 1.32 bits per heavy atom. The zero-order valence-corrected chi connectivity index (χ0v) is 15.2. The van der Waals surface area contributed by atoms with Crippen molar-refractivity contribution in [3.05, 3.63) is 29.7 Å². The number of hydrogen-bond donors (Lipinski definition) is 1. The lowest BCUT2D eigenvalue weighted by Gasteiger charge is -2.30. The molecule has 1 aromatic heterocycles. The molecule has 2 amide bonds. The molecule has 25 heavy (non-hydrogen) atoms. The minimum atomic E-state index is -0.00911. The van der Waals surface area contributed by atoms with Crippen molar-refractivity contribution in [2.45, 2.75) is 45.4 Å². The molecule has 136 valence electrons. The second-order valence-corrected chi connectivity index (χ2v) is 7.28. The fraction of sp³-hybridized carbons (Fsp3) is 0.600. The van der Waals surface area contributed by atoms with Crippen molar-refractivity contribution in [2.24, 2.45) is 11.8 Å². The number of carbonyl (C=O) groups is 2. The van der Waals surface area contributed by atoms with E-state index < -0.39 is 0 Å². The Bertz CT molecular complexity index is 641. The molecule has 2 heterocycles. The molecule has 5 heteroatoms. The quantitative estimate of drug-likeness (QED) is 0.806. The number of nitrogens with zero attached hydrogens (tertiary/aromatic N) is 1. The predicted octanol–water partition coefficient (Wildman–Crippen LogP) is 3.18. The Hall–Kier alpha value is -2.04. The normalized spacial score (nSPS) is 23.8. The predicted molar refractivity (Wildman–Crippen MR) is 96.9 cm³/mol. The highest BCUT2D eigenvalue weighted by molar-refractivity contribution is 5.91. The van der Waals surface area contributed by atoms with Gasteiger partial charge in [0.15, 0.2) is 0 Å². The van der Waals surface area contributed by atoms with Gasteiger partial charge in [-0.05, 0) is 49.8 Å². The molecule has 1 N–H and O–H groups in total. The van der Waals surface area contributed by atoms with Crippen molar-refractivity contribution in [1.82, 2.24) is 10.2 Å². The van der Waals surface area contributed by atoms with Crippen LogP contribution in [0, 0.1) is 11.8 Å². The summed E-state index contributed by atoms with van der Waals surface area (Å²) in [5.41, 5.74) is 0. The first kappa shape index (κ1) is 17.8.